The van der Waals surface area contributed by atoms with Gasteiger partial charge in [0.2, 0.25) is 0 Å². The Balaban J connectivity index is 2.36. The second-order valence-electron chi connectivity index (χ2n) is 5.78. The summed E-state index contributed by atoms with van der Waals surface area (Å²) in [5.41, 5.74) is 7.85. The van der Waals surface area contributed by atoms with Crippen LogP contribution in [0.2, 0.25) is 0 Å². The van der Waals surface area contributed by atoms with E-state index in [1.165, 1.54) is 32.1 Å². The molecular weight excluding hydrogens is 236 g/mol. The van der Waals surface area contributed by atoms with Gasteiger partial charge >= 0.3 is 0 Å². The van der Waals surface area contributed by atoms with E-state index in [1.807, 2.05) is 18.2 Å². The van der Waals surface area contributed by atoms with E-state index >= 15 is 0 Å². The Morgan fingerprint density at radius 1 is 1.16 bits per heavy atom. The van der Waals surface area contributed by atoms with E-state index < -0.39 is 0 Å². The van der Waals surface area contributed by atoms with Crippen LogP contribution >= 0.6 is 0 Å². The SMILES string of the molecule is COc1ccccc1C(N)C1(N(C)C)CCCCC1. The van der Waals surface area contributed by atoms with Crippen molar-refractivity contribution in [1.82, 2.24) is 4.90 Å². The van der Waals surface area contributed by atoms with E-state index in [4.69, 9.17) is 10.5 Å². The maximum Gasteiger partial charge on any atom is 0.123 e. The van der Waals surface area contributed by atoms with E-state index in [0.29, 0.717) is 0 Å². The first kappa shape index (κ1) is 14.4. The summed E-state index contributed by atoms with van der Waals surface area (Å²) in [6.45, 7) is 0. The number of likely N-dealkylation sites (N-methyl/N-ethyl adjacent to an activating group) is 1. The van der Waals surface area contributed by atoms with Gasteiger partial charge in [0.15, 0.2) is 0 Å². The molecule has 1 unspecified atom stereocenters. The van der Waals surface area contributed by atoms with Crippen molar-refractivity contribution in [2.75, 3.05) is 21.2 Å². The van der Waals surface area contributed by atoms with Crippen molar-refractivity contribution in [3.63, 3.8) is 0 Å². The molecule has 0 amide bonds. The summed E-state index contributed by atoms with van der Waals surface area (Å²) in [6, 6.07) is 8.14. The quantitative estimate of drug-likeness (QED) is 0.906. The zero-order valence-corrected chi connectivity index (χ0v) is 12.4. The summed E-state index contributed by atoms with van der Waals surface area (Å²) < 4.78 is 5.48. The van der Waals surface area contributed by atoms with Gasteiger partial charge in [0.05, 0.1) is 13.2 Å². The molecular formula is C16H26N2O. The molecule has 2 N–H and O–H groups in total. The molecule has 106 valence electrons. The van der Waals surface area contributed by atoms with Gasteiger partial charge < -0.3 is 15.4 Å². The van der Waals surface area contributed by atoms with Gasteiger partial charge in [-0.25, -0.2) is 0 Å². The zero-order valence-electron chi connectivity index (χ0n) is 12.4. The van der Waals surface area contributed by atoms with Gasteiger partial charge in [0, 0.05) is 11.1 Å². The molecule has 0 radical (unpaired) electrons. The molecule has 3 nitrogen and oxygen atoms in total. The van der Waals surface area contributed by atoms with E-state index in [0.717, 1.165) is 11.3 Å². The molecule has 1 aromatic rings. The monoisotopic (exact) mass is 262 g/mol. The molecule has 0 spiro atoms. The first-order chi connectivity index (χ1) is 9.12. The number of nitrogens with zero attached hydrogens (tertiary/aromatic N) is 1. The number of nitrogens with two attached hydrogens (primary N) is 1. The highest BCUT2D eigenvalue weighted by Crippen LogP contribution is 2.42. The van der Waals surface area contributed by atoms with Crippen LogP contribution in [0.1, 0.15) is 43.7 Å². The average molecular weight is 262 g/mol. The Kier molecular flexibility index (Phi) is 4.48. The van der Waals surface area contributed by atoms with Crippen molar-refractivity contribution in [2.45, 2.75) is 43.7 Å². The first-order valence-corrected chi connectivity index (χ1v) is 7.18. The van der Waals surface area contributed by atoms with Crippen LogP contribution in [0.5, 0.6) is 5.75 Å². The highest BCUT2D eigenvalue weighted by atomic mass is 16.5. The lowest BCUT2D eigenvalue weighted by Crippen LogP contribution is -2.53. The summed E-state index contributed by atoms with van der Waals surface area (Å²) in [5.74, 6) is 0.904. The lowest BCUT2D eigenvalue weighted by molar-refractivity contribution is 0.0704. The molecule has 1 atom stereocenters. The Morgan fingerprint density at radius 3 is 2.37 bits per heavy atom. The van der Waals surface area contributed by atoms with Gasteiger partial charge in [-0.05, 0) is 33.0 Å². The smallest absolute Gasteiger partial charge is 0.123 e. The topological polar surface area (TPSA) is 38.5 Å². The van der Waals surface area contributed by atoms with Crippen molar-refractivity contribution < 1.29 is 4.74 Å². The lowest BCUT2D eigenvalue weighted by Gasteiger charge is -2.47. The molecule has 0 aliphatic heterocycles. The summed E-state index contributed by atoms with van der Waals surface area (Å²) >= 11 is 0. The van der Waals surface area contributed by atoms with Crippen LogP contribution in [0.3, 0.4) is 0 Å². The Morgan fingerprint density at radius 2 is 1.79 bits per heavy atom. The normalized spacial score (nSPS) is 20.3. The van der Waals surface area contributed by atoms with Gasteiger partial charge in [-0.1, -0.05) is 37.5 Å². The van der Waals surface area contributed by atoms with E-state index in [1.54, 1.807) is 7.11 Å². The van der Waals surface area contributed by atoms with E-state index in [2.05, 4.69) is 25.1 Å². The van der Waals surface area contributed by atoms with Crippen molar-refractivity contribution in [1.29, 1.82) is 0 Å². The molecule has 1 fully saturated rings. The summed E-state index contributed by atoms with van der Waals surface area (Å²) in [7, 11) is 6.02. The van der Waals surface area contributed by atoms with Crippen LogP contribution < -0.4 is 10.5 Å². The Bertz CT molecular complexity index is 411. The summed E-state index contributed by atoms with van der Waals surface area (Å²) in [4.78, 5) is 2.32. The minimum atomic E-state index is -0.000972. The van der Waals surface area contributed by atoms with Crippen LogP contribution in [0, 0.1) is 0 Å². The van der Waals surface area contributed by atoms with Crippen LogP contribution in [0.4, 0.5) is 0 Å². The van der Waals surface area contributed by atoms with Crippen LogP contribution in [0.25, 0.3) is 0 Å². The van der Waals surface area contributed by atoms with E-state index in [-0.39, 0.29) is 11.6 Å². The van der Waals surface area contributed by atoms with Crippen molar-refractivity contribution in [3.05, 3.63) is 29.8 Å². The number of methoxy groups -OCH3 is 1. The fourth-order valence-corrected chi connectivity index (χ4v) is 3.41. The number of hydrogen-bond donors (Lipinski definition) is 1. The van der Waals surface area contributed by atoms with Gasteiger partial charge in [0.25, 0.3) is 0 Å². The van der Waals surface area contributed by atoms with Crippen molar-refractivity contribution >= 4 is 0 Å². The number of para-hydroxylation sites is 1. The maximum atomic E-state index is 6.66. The molecule has 1 aliphatic rings. The van der Waals surface area contributed by atoms with Crippen LogP contribution in [-0.2, 0) is 0 Å². The number of ether oxygens (including phenoxy) is 1. The summed E-state index contributed by atoms with van der Waals surface area (Å²) in [5, 5.41) is 0. The molecule has 1 aliphatic carbocycles. The van der Waals surface area contributed by atoms with Gasteiger partial charge in [-0.15, -0.1) is 0 Å². The molecule has 0 bridgehead atoms. The highest BCUT2D eigenvalue weighted by molar-refractivity contribution is 5.37. The molecule has 0 saturated heterocycles. The number of rotatable bonds is 4. The minimum Gasteiger partial charge on any atom is -0.496 e. The van der Waals surface area contributed by atoms with E-state index in [9.17, 15) is 0 Å². The fourth-order valence-electron chi connectivity index (χ4n) is 3.41. The molecule has 0 aromatic heterocycles. The number of hydrogen-bond acceptors (Lipinski definition) is 3. The molecule has 19 heavy (non-hydrogen) atoms. The molecule has 1 saturated carbocycles. The second kappa shape index (κ2) is 5.93. The third-order valence-corrected chi connectivity index (χ3v) is 4.66. The summed E-state index contributed by atoms with van der Waals surface area (Å²) in [6.07, 6.45) is 6.19. The molecule has 3 heteroatoms. The second-order valence-corrected chi connectivity index (χ2v) is 5.78. The van der Waals surface area contributed by atoms with Crippen LogP contribution in [-0.4, -0.2) is 31.6 Å². The highest BCUT2D eigenvalue weighted by Gasteiger charge is 2.41. The fraction of sp³-hybridized carbons (Fsp3) is 0.625. The lowest BCUT2D eigenvalue weighted by atomic mass is 9.73. The average Bonchev–Trinajstić information content (AvgIpc) is 2.47. The predicted octanol–water partition coefficient (Wildman–Crippen LogP) is 2.96. The van der Waals surface area contributed by atoms with Gasteiger partial charge in [-0.3, -0.25) is 0 Å². The van der Waals surface area contributed by atoms with Crippen molar-refractivity contribution in [3.8, 4) is 5.75 Å². The Hall–Kier alpha value is -1.06. The van der Waals surface area contributed by atoms with Gasteiger partial charge in [-0.2, -0.15) is 0 Å². The maximum absolute atomic E-state index is 6.66. The largest absolute Gasteiger partial charge is 0.496 e. The van der Waals surface area contributed by atoms with Crippen molar-refractivity contribution in [2.24, 2.45) is 5.73 Å². The first-order valence-electron chi connectivity index (χ1n) is 7.18. The number of benzene rings is 1. The standard InChI is InChI=1S/C16H26N2O/c1-18(2)16(11-7-4-8-12-16)15(17)13-9-5-6-10-14(13)19-3/h5-6,9-10,15H,4,7-8,11-12,17H2,1-3H3. The minimum absolute atomic E-state index is 0.000972. The molecule has 0 heterocycles. The molecule has 1 aromatic carbocycles. The van der Waals surface area contributed by atoms with Crippen LogP contribution in [0.15, 0.2) is 24.3 Å². The molecule has 2 rings (SSSR count). The third-order valence-electron chi connectivity index (χ3n) is 4.66. The third kappa shape index (κ3) is 2.63. The Labute approximate surface area is 116 Å². The predicted molar refractivity (Wildman–Crippen MR) is 79.4 cm³/mol. The zero-order chi connectivity index (χ0) is 13.9. The van der Waals surface area contributed by atoms with Gasteiger partial charge in [0.1, 0.15) is 5.75 Å².